The zero-order valence-electron chi connectivity index (χ0n) is 48.7. The van der Waals surface area contributed by atoms with E-state index in [1.807, 2.05) is 0 Å². The molecule has 0 aliphatic carbocycles. The summed E-state index contributed by atoms with van der Waals surface area (Å²) in [5.74, 6) is -0.879. The smallest absolute Gasteiger partial charge is 0.306 e. The van der Waals surface area contributed by atoms with E-state index in [9.17, 15) is 14.4 Å². The predicted octanol–water partition coefficient (Wildman–Crippen LogP) is 21.6. The highest BCUT2D eigenvalue weighted by Gasteiger charge is 2.19. The lowest BCUT2D eigenvalue weighted by Gasteiger charge is -2.18. The van der Waals surface area contributed by atoms with Gasteiger partial charge in [0.25, 0.3) is 0 Å². The summed E-state index contributed by atoms with van der Waals surface area (Å²) >= 11 is 0. The van der Waals surface area contributed by atoms with Crippen molar-refractivity contribution in [2.24, 2.45) is 0 Å². The first kappa shape index (κ1) is 70.1. The molecular formula is C67H120O6. The van der Waals surface area contributed by atoms with Crippen LogP contribution in [0.4, 0.5) is 0 Å². The Balaban J connectivity index is 4.26. The molecule has 0 aromatic carbocycles. The monoisotopic (exact) mass is 1020 g/mol. The van der Waals surface area contributed by atoms with E-state index in [1.165, 1.54) is 193 Å². The van der Waals surface area contributed by atoms with Gasteiger partial charge in [0.05, 0.1) is 0 Å². The van der Waals surface area contributed by atoms with Crippen LogP contribution >= 0.6 is 0 Å². The van der Waals surface area contributed by atoms with Gasteiger partial charge in [0.15, 0.2) is 6.10 Å². The number of esters is 3. The first-order chi connectivity index (χ1) is 36.0. The third-order valence-corrected chi connectivity index (χ3v) is 14.0. The summed E-state index contributed by atoms with van der Waals surface area (Å²) in [7, 11) is 0. The maximum Gasteiger partial charge on any atom is 0.306 e. The number of ether oxygens (including phenoxy) is 3. The van der Waals surface area contributed by atoms with Gasteiger partial charge < -0.3 is 14.2 Å². The van der Waals surface area contributed by atoms with Crippen molar-refractivity contribution in [3.8, 4) is 0 Å². The molecule has 0 saturated heterocycles. The van der Waals surface area contributed by atoms with Crippen LogP contribution in [0.2, 0.25) is 0 Å². The molecule has 424 valence electrons. The second-order valence-electron chi connectivity index (χ2n) is 21.3. The van der Waals surface area contributed by atoms with Crippen LogP contribution < -0.4 is 0 Å². The average molecular weight is 1020 g/mol. The molecule has 6 nitrogen and oxygen atoms in total. The van der Waals surface area contributed by atoms with E-state index in [2.05, 4.69) is 81.5 Å². The fourth-order valence-electron chi connectivity index (χ4n) is 9.24. The number of unbranched alkanes of at least 4 members (excludes halogenated alkanes) is 37. The molecule has 73 heavy (non-hydrogen) atoms. The van der Waals surface area contributed by atoms with Crippen LogP contribution in [-0.2, 0) is 28.6 Å². The van der Waals surface area contributed by atoms with Crippen LogP contribution in [0.15, 0.2) is 60.8 Å². The summed E-state index contributed by atoms with van der Waals surface area (Å²) in [6.07, 6.45) is 78.1. The Bertz CT molecular complexity index is 1310. The fraction of sp³-hybridized carbons (Fsp3) is 0.806. The highest BCUT2D eigenvalue weighted by Crippen LogP contribution is 2.17. The van der Waals surface area contributed by atoms with Crippen molar-refractivity contribution < 1.29 is 28.6 Å². The zero-order valence-corrected chi connectivity index (χ0v) is 48.7. The SMILES string of the molecule is CC/C=C\C/C=C\C/C=C\C/C=C\CCCCCCCCCCC(=O)OC(COC(=O)CCCCCCC/C=C\CCCC)COC(=O)CCCCCCCCCCCCCCCCCCCCCCCCC. The predicted molar refractivity (Wildman–Crippen MR) is 316 cm³/mol. The van der Waals surface area contributed by atoms with Crippen LogP contribution in [0.25, 0.3) is 0 Å². The lowest BCUT2D eigenvalue weighted by Crippen LogP contribution is -2.30. The van der Waals surface area contributed by atoms with E-state index in [-0.39, 0.29) is 31.1 Å². The lowest BCUT2D eigenvalue weighted by molar-refractivity contribution is -0.167. The van der Waals surface area contributed by atoms with Gasteiger partial charge in [-0.1, -0.05) is 293 Å². The summed E-state index contributed by atoms with van der Waals surface area (Å²) in [4.78, 5) is 38.2. The van der Waals surface area contributed by atoms with Gasteiger partial charge in [0, 0.05) is 19.3 Å². The standard InChI is InChI=1S/C67H120O6/c1-4-7-10-13-16-19-22-24-26-28-30-32-33-35-36-38-40-42-45-48-51-54-57-60-66(69)72-63-64(62-71-65(68)59-56-53-50-47-44-21-18-15-12-9-6-3)73-67(70)61-58-55-52-49-46-43-41-39-37-34-31-29-27-25-23-20-17-14-11-8-5-2/h8,11,15,17-18,20,25,27,31,34,64H,4-7,9-10,12-14,16,19,21-24,26,28-30,32-33,35-63H2,1-3H3/b11-8-,18-15-,20-17-,27-25-,34-31-. The molecule has 0 heterocycles. The maximum atomic E-state index is 12.9. The second kappa shape index (κ2) is 61.7. The summed E-state index contributed by atoms with van der Waals surface area (Å²) in [6, 6.07) is 0. The van der Waals surface area contributed by atoms with Crippen LogP contribution in [0.3, 0.4) is 0 Å². The van der Waals surface area contributed by atoms with Crippen LogP contribution in [-0.4, -0.2) is 37.2 Å². The van der Waals surface area contributed by atoms with E-state index in [0.29, 0.717) is 19.3 Å². The van der Waals surface area contributed by atoms with E-state index in [4.69, 9.17) is 14.2 Å². The van der Waals surface area contributed by atoms with Gasteiger partial charge in [-0.25, -0.2) is 0 Å². The minimum atomic E-state index is -0.781. The van der Waals surface area contributed by atoms with Crippen molar-refractivity contribution in [1.82, 2.24) is 0 Å². The molecule has 0 radical (unpaired) electrons. The first-order valence-corrected chi connectivity index (χ1v) is 31.8. The van der Waals surface area contributed by atoms with Crippen molar-refractivity contribution in [3.05, 3.63) is 60.8 Å². The highest BCUT2D eigenvalue weighted by molar-refractivity contribution is 5.71. The molecule has 1 atom stereocenters. The molecule has 0 aliphatic heterocycles. The average Bonchev–Trinajstić information content (AvgIpc) is 3.39. The Hall–Kier alpha value is -2.89. The number of hydrogen-bond acceptors (Lipinski definition) is 6. The molecule has 6 heteroatoms. The Labute approximate surface area is 453 Å². The number of rotatable bonds is 58. The minimum absolute atomic E-state index is 0.0770. The molecule has 0 aliphatic rings. The first-order valence-electron chi connectivity index (χ1n) is 31.8. The summed E-state index contributed by atoms with van der Waals surface area (Å²) < 4.78 is 16.9. The van der Waals surface area contributed by atoms with Gasteiger partial charge in [-0.2, -0.15) is 0 Å². The molecule has 0 aromatic rings. The molecule has 1 unspecified atom stereocenters. The quantitative estimate of drug-likeness (QED) is 0.0261. The number of carbonyl (C=O) groups is 3. The molecule has 0 bridgehead atoms. The molecule has 0 aromatic heterocycles. The molecular weight excluding hydrogens is 901 g/mol. The molecule has 0 N–H and O–H groups in total. The molecule has 0 fully saturated rings. The number of allylic oxidation sites excluding steroid dienone is 10. The van der Waals surface area contributed by atoms with E-state index in [1.54, 1.807) is 0 Å². The lowest BCUT2D eigenvalue weighted by atomic mass is 10.0. The Morgan fingerprint density at radius 3 is 0.890 bits per heavy atom. The minimum Gasteiger partial charge on any atom is -0.462 e. The van der Waals surface area contributed by atoms with Gasteiger partial charge in [0.1, 0.15) is 13.2 Å². The van der Waals surface area contributed by atoms with Gasteiger partial charge in [-0.3, -0.25) is 14.4 Å². The van der Waals surface area contributed by atoms with Gasteiger partial charge in [-0.05, 0) is 77.0 Å². The van der Waals surface area contributed by atoms with Crippen LogP contribution in [0.1, 0.15) is 329 Å². The van der Waals surface area contributed by atoms with E-state index >= 15 is 0 Å². The largest absolute Gasteiger partial charge is 0.462 e. The molecule has 0 rings (SSSR count). The summed E-state index contributed by atoms with van der Waals surface area (Å²) in [6.45, 7) is 6.52. The normalized spacial score (nSPS) is 12.4. The van der Waals surface area contributed by atoms with Crippen molar-refractivity contribution in [3.63, 3.8) is 0 Å². The molecule has 0 saturated carbocycles. The third kappa shape index (κ3) is 59.9. The second-order valence-corrected chi connectivity index (χ2v) is 21.3. The maximum absolute atomic E-state index is 12.9. The summed E-state index contributed by atoms with van der Waals surface area (Å²) in [5, 5.41) is 0. The van der Waals surface area contributed by atoms with E-state index < -0.39 is 6.10 Å². The molecule has 0 amide bonds. The summed E-state index contributed by atoms with van der Waals surface area (Å²) in [5.41, 5.74) is 0. The van der Waals surface area contributed by atoms with Gasteiger partial charge >= 0.3 is 17.9 Å². The van der Waals surface area contributed by atoms with Crippen molar-refractivity contribution in [2.45, 2.75) is 335 Å². The Kier molecular flexibility index (Phi) is 59.2. The van der Waals surface area contributed by atoms with Crippen molar-refractivity contribution in [2.75, 3.05) is 13.2 Å². The van der Waals surface area contributed by atoms with Crippen molar-refractivity contribution in [1.29, 1.82) is 0 Å². The third-order valence-electron chi connectivity index (χ3n) is 14.0. The highest BCUT2D eigenvalue weighted by atomic mass is 16.6. The fourth-order valence-corrected chi connectivity index (χ4v) is 9.24. The topological polar surface area (TPSA) is 78.9 Å². The van der Waals surface area contributed by atoms with Gasteiger partial charge in [-0.15, -0.1) is 0 Å². The van der Waals surface area contributed by atoms with Crippen LogP contribution in [0, 0.1) is 0 Å². The Morgan fingerprint density at radius 1 is 0.288 bits per heavy atom. The zero-order chi connectivity index (χ0) is 52.9. The van der Waals surface area contributed by atoms with Gasteiger partial charge in [0.2, 0.25) is 0 Å². The molecule has 0 spiro atoms. The van der Waals surface area contributed by atoms with Crippen molar-refractivity contribution >= 4 is 17.9 Å². The Morgan fingerprint density at radius 2 is 0.548 bits per heavy atom. The van der Waals surface area contributed by atoms with Crippen LogP contribution in [0.5, 0.6) is 0 Å². The van der Waals surface area contributed by atoms with E-state index in [0.717, 1.165) is 96.3 Å². The number of carbonyl (C=O) groups excluding carboxylic acids is 3. The number of hydrogen-bond donors (Lipinski definition) is 0.